The van der Waals surface area contributed by atoms with Crippen molar-refractivity contribution in [3.05, 3.63) is 69.8 Å². The third-order valence-corrected chi connectivity index (χ3v) is 3.33. The lowest BCUT2D eigenvalue weighted by Crippen LogP contribution is -1.92. The average molecular weight is 291 g/mol. The molecule has 20 heavy (non-hydrogen) atoms. The minimum absolute atomic E-state index is 0.107. The molecule has 6 heteroatoms. The van der Waals surface area contributed by atoms with E-state index in [4.69, 9.17) is 4.52 Å². The quantitative estimate of drug-likeness (QED) is 0.464. The van der Waals surface area contributed by atoms with Crippen molar-refractivity contribution < 1.29 is 14.0 Å². The van der Waals surface area contributed by atoms with E-state index in [0.717, 1.165) is 24.0 Å². The Bertz CT molecular complexity index is 596. The van der Waals surface area contributed by atoms with Gasteiger partial charge in [0.25, 0.3) is 5.69 Å². The van der Waals surface area contributed by atoms with Crippen molar-refractivity contribution in [1.82, 2.24) is 0 Å². The minimum atomic E-state index is -1.23. The number of nitro benzene ring substituents is 1. The van der Waals surface area contributed by atoms with Crippen LogP contribution in [0.2, 0.25) is 0 Å². The van der Waals surface area contributed by atoms with Crippen LogP contribution in [0.15, 0.2) is 48.5 Å². The molecular formula is C14H14NO4P. The number of rotatable bonds is 6. The van der Waals surface area contributed by atoms with Gasteiger partial charge in [-0.2, -0.15) is 0 Å². The molecule has 0 heterocycles. The van der Waals surface area contributed by atoms with Crippen molar-refractivity contribution in [2.45, 2.75) is 12.8 Å². The van der Waals surface area contributed by atoms with Gasteiger partial charge in [-0.05, 0) is 36.1 Å². The number of nitrogens with zero attached hydrogens (tertiary/aromatic N) is 1. The van der Waals surface area contributed by atoms with Gasteiger partial charge in [0.15, 0.2) is 0 Å². The monoisotopic (exact) mass is 291 g/mol. The lowest BCUT2D eigenvalue weighted by atomic mass is 10.0. The summed E-state index contributed by atoms with van der Waals surface area (Å²) in [5.41, 5.74) is 2.30. The van der Waals surface area contributed by atoms with E-state index in [-0.39, 0.29) is 5.69 Å². The van der Waals surface area contributed by atoms with E-state index in [2.05, 4.69) is 0 Å². The summed E-state index contributed by atoms with van der Waals surface area (Å²) in [6.07, 6.45) is 1.65. The fourth-order valence-corrected chi connectivity index (χ4v) is 2.13. The Morgan fingerprint density at radius 2 is 1.45 bits per heavy atom. The highest BCUT2D eigenvalue weighted by atomic mass is 31.1. The van der Waals surface area contributed by atoms with E-state index in [0.29, 0.717) is 5.75 Å². The SMILES string of the molecule is O=[PH2]Oc1ccc(CCc2ccc([N+](=O)[O-])cc2)cc1. The maximum atomic E-state index is 10.5. The van der Waals surface area contributed by atoms with Crippen LogP contribution in [0.4, 0.5) is 5.69 Å². The molecule has 1 atom stereocenters. The standard InChI is InChI=1S/C14H14NO4P/c16-15(17)13-7-3-11(4-8-13)1-2-12-5-9-14(10-6-12)19-20-18/h3-10H,1-2,20H2. The average Bonchev–Trinajstić information content (AvgIpc) is 2.47. The molecule has 0 radical (unpaired) electrons. The van der Waals surface area contributed by atoms with Gasteiger partial charge in [-0.3, -0.25) is 14.7 Å². The summed E-state index contributed by atoms with van der Waals surface area (Å²) in [7, 11) is -1.23. The zero-order valence-electron chi connectivity index (χ0n) is 10.7. The van der Waals surface area contributed by atoms with Gasteiger partial charge in [0, 0.05) is 12.1 Å². The second-order valence-electron chi connectivity index (χ2n) is 4.28. The van der Waals surface area contributed by atoms with Gasteiger partial charge in [-0.25, -0.2) is 0 Å². The van der Waals surface area contributed by atoms with Crippen molar-refractivity contribution in [1.29, 1.82) is 0 Å². The molecule has 2 rings (SSSR count). The Labute approximate surface area is 117 Å². The van der Waals surface area contributed by atoms with E-state index >= 15 is 0 Å². The highest BCUT2D eigenvalue weighted by molar-refractivity contribution is 7.17. The van der Waals surface area contributed by atoms with Crippen molar-refractivity contribution in [2.75, 3.05) is 0 Å². The topological polar surface area (TPSA) is 69.4 Å². The number of non-ortho nitro benzene ring substituents is 1. The van der Waals surface area contributed by atoms with Gasteiger partial charge in [0.05, 0.1) is 4.92 Å². The van der Waals surface area contributed by atoms with Crippen LogP contribution in [0.1, 0.15) is 11.1 Å². The molecule has 0 N–H and O–H groups in total. The first-order valence-corrected chi connectivity index (χ1v) is 7.06. The Balaban J connectivity index is 1.94. The van der Waals surface area contributed by atoms with Gasteiger partial charge in [0.2, 0.25) is 8.69 Å². The van der Waals surface area contributed by atoms with E-state index in [1.165, 1.54) is 12.1 Å². The number of aryl methyl sites for hydroxylation is 2. The summed E-state index contributed by atoms with van der Waals surface area (Å²) in [5.74, 6) is 0.606. The molecule has 0 saturated heterocycles. The maximum Gasteiger partial charge on any atom is 0.269 e. The maximum absolute atomic E-state index is 10.5. The van der Waals surface area contributed by atoms with E-state index in [1.807, 2.05) is 12.1 Å². The van der Waals surface area contributed by atoms with Gasteiger partial charge in [0.1, 0.15) is 5.75 Å². The predicted octanol–water partition coefficient (Wildman–Crippen LogP) is 3.43. The van der Waals surface area contributed by atoms with Crippen LogP contribution < -0.4 is 4.52 Å². The van der Waals surface area contributed by atoms with E-state index in [1.54, 1.807) is 24.3 Å². The van der Waals surface area contributed by atoms with Crippen LogP contribution in [0, 0.1) is 10.1 Å². The van der Waals surface area contributed by atoms with Crippen LogP contribution in [0.3, 0.4) is 0 Å². The molecule has 0 bridgehead atoms. The smallest absolute Gasteiger partial charge is 0.269 e. The number of nitro groups is 1. The molecule has 0 aliphatic heterocycles. The first-order valence-electron chi connectivity index (χ1n) is 6.11. The molecule has 5 nitrogen and oxygen atoms in total. The highest BCUT2D eigenvalue weighted by Gasteiger charge is 2.04. The summed E-state index contributed by atoms with van der Waals surface area (Å²) in [6.45, 7) is 0. The third kappa shape index (κ3) is 3.93. The molecule has 0 amide bonds. The second-order valence-corrected chi connectivity index (χ2v) is 4.71. The second kappa shape index (κ2) is 6.87. The molecule has 0 aliphatic rings. The first-order chi connectivity index (χ1) is 9.69. The normalized spacial score (nSPS) is 10.8. The molecule has 0 aromatic heterocycles. The zero-order chi connectivity index (χ0) is 14.4. The molecule has 2 aromatic rings. The molecular weight excluding hydrogens is 277 g/mol. The Morgan fingerprint density at radius 3 is 1.90 bits per heavy atom. The Kier molecular flexibility index (Phi) is 4.91. The number of hydrogen-bond acceptors (Lipinski definition) is 4. The third-order valence-electron chi connectivity index (χ3n) is 2.96. The summed E-state index contributed by atoms with van der Waals surface area (Å²) in [4.78, 5) is 10.1. The molecule has 0 aliphatic carbocycles. The Hall–Kier alpha value is -2.13. The molecule has 2 aromatic carbocycles. The fourth-order valence-electron chi connectivity index (χ4n) is 1.86. The summed E-state index contributed by atoms with van der Waals surface area (Å²) in [5, 5.41) is 10.5. The van der Waals surface area contributed by atoms with Crippen LogP contribution in [-0.4, -0.2) is 4.92 Å². The number of benzene rings is 2. The fraction of sp³-hybridized carbons (Fsp3) is 0.143. The molecule has 1 unspecified atom stereocenters. The summed E-state index contributed by atoms with van der Waals surface area (Å²) in [6, 6.07) is 14.0. The lowest BCUT2D eigenvalue weighted by Gasteiger charge is -2.03. The van der Waals surface area contributed by atoms with Crippen LogP contribution >= 0.6 is 8.69 Å². The lowest BCUT2D eigenvalue weighted by molar-refractivity contribution is -0.384. The largest absolute Gasteiger partial charge is 0.447 e. The molecule has 0 spiro atoms. The van der Waals surface area contributed by atoms with Gasteiger partial charge in [-0.15, -0.1) is 0 Å². The highest BCUT2D eigenvalue weighted by Crippen LogP contribution is 2.18. The van der Waals surface area contributed by atoms with Gasteiger partial charge in [-0.1, -0.05) is 24.3 Å². The molecule has 0 fully saturated rings. The summed E-state index contributed by atoms with van der Waals surface area (Å²) >= 11 is 0. The number of hydrogen-bond donors (Lipinski definition) is 0. The van der Waals surface area contributed by atoms with Crippen LogP contribution in [0.5, 0.6) is 5.75 Å². The van der Waals surface area contributed by atoms with Crippen molar-refractivity contribution in [2.24, 2.45) is 0 Å². The van der Waals surface area contributed by atoms with Crippen molar-refractivity contribution in [3.8, 4) is 5.75 Å². The van der Waals surface area contributed by atoms with Gasteiger partial charge < -0.3 is 4.52 Å². The van der Waals surface area contributed by atoms with Crippen LogP contribution in [-0.2, 0) is 17.4 Å². The molecule has 0 saturated carbocycles. The Morgan fingerprint density at radius 1 is 0.950 bits per heavy atom. The molecule has 104 valence electrons. The van der Waals surface area contributed by atoms with Crippen molar-refractivity contribution in [3.63, 3.8) is 0 Å². The van der Waals surface area contributed by atoms with Gasteiger partial charge >= 0.3 is 0 Å². The van der Waals surface area contributed by atoms with E-state index in [9.17, 15) is 14.7 Å². The predicted molar refractivity (Wildman–Crippen MR) is 78.0 cm³/mol. The summed E-state index contributed by atoms with van der Waals surface area (Å²) < 4.78 is 15.3. The zero-order valence-corrected chi connectivity index (χ0v) is 11.8. The van der Waals surface area contributed by atoms with Crippen LogP contribution in [0.25, 0.3) is 0 Å². The first kappa shape index (κ1) is 14.3. The van der Waals surface area contributed by atoms with E-state index < -0.39 is 13.6 Å². The van der Waals surface area contributed by atoms with Crippen molar-refractivity contribution >= 4 is 14.4 Å². The minimum Gasteiger partial charge on any atom is -0.447 e.